The molecule has 1 saturated heterocycles. The maximum absolute atomic E-state index is 13.3. The van der Waals surface area contributed by atoms with Crippen molar-refractivity contribution in [2.24, 2.45) is 10.8 Å². The Morgan fingerprint density at radius 2 is 1.76 bits per heavy atom. The van der Waals surface area contributed by atoms with Crippen molar-refractivity contribution in [3.63, 3.8) is 0 Å². The molecule has 3 nitrogen and oxygen atoms in total. The molecule has 1 aliphatic carbocycles. The molecule has 134 valence electrons. The number of amides is 1. The number of nitrogens with zero attached hydrogens (tertiary/aromatic N) is 2. The van der Waals surface area contributed by atoms with Crippen molar-refractivity contribution >= 4 is 5.91 Å². The molecule has 0 aromatic heterocycles. The summed E-state index contributed by atoms with van der Waals surface area (Å²) in [6, 6.07) is 9.04. The maximum Gasteiger partial charge on any atom is 0.246 e. The number of carbonyl (C=O) groups is 1. The molecule has 1 heterocycles. The Balaban J connectivity index is 2.09. The first-order chi connectivity index (χ1) is 11.7. The zero-order chi connectivity index (χ0) is 18.4. The summed E-state index contributed by atoms with van der Waals surface area (Å²) in [7, 11) is 0. The predicted molar refractivity (Wildman–Crippen MR) is 99.9 cm³/mol. The SMILES string of the molecule is Cc1ccc([C@@H]2N(C3CCCCC3)C(=O)[C@@]2(C#N)C(C)(C)C)cc1C. The van der Waals surface area contributed by atoms with Crippen LogP contribution in [-0.4, -0.2) is 16.8 Å². The fraction of sp³-hybridized carbons (Fsp3) is 0.636. The van der Waals surface area contributed by atoms with Crippen molar-refractivity contribution < 1.29 is 4.79 Å². The number of aryl methyl sites for hydroxylation is 2. The zero-order valence-corrected chi connectivity index (χ0v) is 16.2. The van der Waals surface area contributed by atoms with Gasteiger partial charge < -0.3 is 4.90 Å². The van der Waals surface area contributed by atoms with Crippen LogP contribution in [0.4, 0.5) is 0 Å². The molecule has 3 rings (SSSR count). The lowest BCUT2D eigenvalue weighted by Crippen LogP contribution is -2.70. The van der Waals surface area contributed by atoms with Gasteiger partial charge in [-0.1, -0.05) is 58.2 Å². The molecule has 0 unspecified atom stereocenters. The first-order valence-electron chi connectivity index (χ1n) is 9.55. The standard InChI is InChI=1S/C22H30N2O/c1-15-11-12-17(13-16(15)2)19-22(14-23,21(3,4)5)20(25)24(19)18-9-7-6-8-10-18/h11-13,18-19H,6-10H2,1-5H3/t19-,22-/m0/s1. The molecular weight excluding hydrogens is 308 g/mol. The summed E-state index contributed by atoms with van der Waals surface area (Å²) < 4.78 is 0. The molecule has 0 N–H and O–H groups in total. The quantitative estimate of drug-likeness (QED) is 0.706. The third-order valence-electron chi connectivity index (χ3n) is 6.43. The largest absolute Gasteiger partial charge is 0.329 e. The number of rotatable bonds is 2. The van der Waals surface area contributed by atoms with Crippen molar-refractivity contribution in [1.29, 1.82) is 5.26 Å². The average molecular weight is 338 g/mol. The summed E-state index contributed by atoms with van der Waals surface area (Å²) in [6.45, 7) is 10.3. The van der Waals surface area contributed by atoms with E-state index in [1.165, 1.54) is 30.4 Å². The lowest BCUT2D eigenvalue weighted by Gasteiger charge is -2.61. The lowest BCUT2D eigenvalue weighted by atomic mass is 9.54. The number of likely N-dealkylation sites (tertiary alicyclic amines) is 1. The molecule has 1 saturated carbocycles. The Hall–Kier alpha value is -1.82. The normalized spacial score (nSPS) is 27.8. The molecule has 3 heteroatoms. The van der Waals surface area contributed by atoms with E-state index in [1.54, 1.807) is 0 Å². The van der Waals surface area contributed by atoms with Crippen LogP contribution in [0.5, 0.6) is 0 Å². The molecule has 0 radical (unpaired) electrons. The number of benzene rings is 1. The second-order valence-electron chi connectivity index (χ2n) is 8.92. The van der Waals surface area contributed by atoms with Gasteiger partial charge in [0.05, 0.1) is 12.1 Å². The van der Waals surface area contributed by atoms with Gasteiger partial charge in [-0.3, -0.25) is 4.79 Å². The van der Waals surface area contributed by atoms with Gasteiger partial charge in [-0.2, -0.15) is 5.26 Å². The van der Waals surface area contributed by atoms with E-state index >= 15 is 0 Å². The van der Waals surface area contributed by atoms with Gasteiger partial charge in [0.25, 0.3) is 0 Å². The van der Waals surface area contributed by atoms with Crippen LogP contribution in [0.3, 0.4) is 0 Å². The summed E-state index contributed by atoms with van der Waals surface area (Å²) in [5.74, 6) is 0.0395. The Morgan fingerprint density at radius 3 is 2.28 bits per heavy atom. The predicted octanol–water partition coefficient (Wildman–Crippen LogP) is 5.08. The number of hydrogen-bond donors (Lipinski definition) is 0. The highest BCUT2D eigenvalue weighted by Gasteiger charge is 2.68. The van der Waals surface area contributed by atoms with Crippen LogP contribution in [0.15, 0.2) is 18.2 Å². The number of hydrogen-bond acceptors (Lipinski definition) is 2. The highest BCUT2D eigenvalue weighted by molar-refractivity contribution is 5.94. The monoisotopic (exact) mass is 338 g/mol. The minimum Gasteiger partial charge on any atom is -0.329 e. The van der Waals surface area contributed by atoms with Gasteiger partial charge in [-0.15, -0.1) is 0 Å². The van der Waals surface area contributed by atoms with Crippen LogP contribution in [0.2, 0.25) is 0 Å². The van der Waals surface area contributed by atoms with Crippen LogP contribution < -0.4 is 0 Å². The van der Waals surface area contributed by atoms with Crippen LogP contribution in [0, 0.1) is 36.0 Å². The van der Waals surface area contributed by atoms with E-state index < -0.39 is 10.8 Å². The molecule has 1 aromatic carbocycles. The van der Waals surface area contributed by atoms with Crippen molar-refractivity contribution in [1.82, 2.24) is 4.90 Å². The molecule has 2 atom stereocenters. The highest BCUT2D eigenvalue weighted by Crippen LogP contribution is 2.60. The summed E-state index contributed by atoms with van der Waals surface area (Å²) in [6.07, 6.45) is 5.76. The second-order valence-corrected chi connectivity index (χ2v) is 8.92. The van der Waals surface area contributed by atoms with E-state index in [4.69, 9.17) is 0 Å². The van der Waals surface area contributed by atoms with Crippen molar-refractivity contribution in [3.05, 3.63) is 34.9 Å². The topological polar surface area (TPSA) is 44.1 Å². The second kappa shape index (κ2) is 6.16. The lowest BCUT2D eigenvalue weighted by molar-refractivity contribution is -0.186. The molecule has 1 aromatic rings. The van der Waals surface area contributed by atoms with E-state index in [2.05, 4.69) is 43.0 Å². The molecule has 25 heavy (non-hydrogen) atoms. The molecule has 1 aliphatic heterocycles. The number of β-lactam (4-membered cyclic amide) rings is 1. The fourth-order valence-corrected chi connectivity index (χ4v) is 4.67. The van der Waals surface area contributed by atoms with E-state index in [9.17, 15) is 10.1 Å². The van der Waals surface area contributed by atoms with E-state index in [0.29, 0.717) is 0 Å². The molecular formula is C22H30N2O. The molecule has 1 amide bonds. The Morgan fingerprint density at radius 1 is 1.12 bits per heavy atom. The first-order valence-corrected chi connectivity index (χ1v) is 9.55. The van der Waals surface area contributed by atoms with Gasteiger partial charge in [0.1, 0.15) is 0 Å². The Bertz CT molecular complexity index is 719. The zero-order valence-electron chi connectivity index (χ0n) is 16.2. The summed E-state index contributed by atoms with van der Waals surface area (Å²) >= 11 is 0. The fourth-order valence-electron chi connectivity index (χ4n) is 4.67. The van der Waals surface area contributed by atoms with Gasteiger partial charge in [0, 0.05) is 6.04 Å². The minimum atomic E-state index is -0.966. The number of nitriles is 1. The van der Waals surface area contributed by atoms with Gasteiger partial charge in [-0.25, -0.2) is 0 Å². The highest BCUT2D eigenvalue weighted by atomic mass is 16.2. The van der Waals surface area contributed by atoms with E-state index in [0.717, 1.165) is 18.4 Å². The molecule has 0 spiro atoms. The van der Waals surface area contributed by atoms with Crippen LogP contribution in [0.1, 0.15) is 75.6 Å². The minimum absolute atomic E-state index is 0.0395. The summed E-state index contributed by atoms with van der Waals surface area (Å²) in [4.78, 5) is 15.4. The summed E-state index contributed by atoms with van der Waals surface area (Å²) in [5.41, 5.74) is 2.22. The van der Waals surface area contributed by atoms with Gasteiger partial charge in [0.2, 0.25) is 5.91 Å². The Labute approximate surface area is 152 Å². The molecule has 2 fully saturated rings. The maximum atomic E-state index is 13.3. The van der Waals surface area contributed by atoms with Crippen LogP contribution in [-0.2, 0) is 4.79 Å². The smallest absolute Gasteiger partial charge is 0.246 e. The first kappa shape index (κ1) is 18.0. The van der Waals surface area contributed by atoms with Gasteiger partial charge >= 0.3 is 0 Å². The van der Waals surface area contributed by atoms with E-state index in [-0.39, 0.29) is 18.0 Å². The third-order valence-corrected chi connectivity index (χ3v) is 6.43. The van der Waals surface area contributed by atoms with E-state index in [1.807, 2.05) is 20.8 Å². The van der Waals surface area contributed by atoms with Crippen molar-refractivity contribution in [2.45, 2.75) is 78.8 Å². The van der Waals surface area contributed by atoms with Crippen molar-refractivity contribution in [2.75, 3.05) is 0 Å². The van der Waals surface area contributed by atoms with Crippen molar-refractivity contribution in [3.8, 4) is 6.07 Å². The number of carbonyl (C=O) groups excluding carboxylic acids is 1. The Kier molecular flexibility index (Phi) is 4.43. The van der Waals surface area contributed by atoms with Gasteiger partial charge in [-0.05, 0) is 48.8 Å². The molecule has 2 aliphatic rings. The summed E-state index contributed by atoms with van der Waals surface area (Å²) in [5, 5.41) is 10.1. The van der Waals surface area contributed by atoms with Gasteiger partial charge in [0.15, 0.2) is 5.41 Å². The van der Waals surface area contributed by atoms with Crippen LogP contribution in [0.25, 0.3) is 0 Å². The average Bonchev–Trinajstić information content (AvgIpc) is 2.56. The third kappa shape index (κ3) is 2.58. The molecule has 0 bridgehead atoms. The van der Waals surface area contributed by atoms with Crippen LogP contribution >= 0.6 is 0 Å².